The minimum absolute atomic E-state index is 0.239. The summed E-state index contributed by atoms with van der Waals surface area (Å²) in [5.41, 5.74) is -0.142. The Balaban J connectivity index is 3.88. The van der Waals surface area contributed by atoms with Gasteiger partial charge in [-0.1, -0.05) is 40.0 Å². The molecule has 0 aromatic carbocycles. The Morgan fingerprint density at radius 2 is 1.76 bits per heavy atom. The molecule has 0 saturated carbocycles. The highest BCUT2D eigenvalue weighted by Crippen LogP contribution is 2.22. The lowest BCUT2D eigenvalue weighted by Crippen LogP contribution is -2.43. The Morgan fingerprint density at radius 1 is 1.14 bits per heavy atom. The number of unbranched alkanes of at least 4 members (excludes halogenated alkanes) is 2. The molecule has 126 valence electrons. The Bertz CT molecular complexity index is 296. The van der Waals surface area contributed by atoms with Crippen LogP contribution < -0.4 is 10.6 Å². The lowest BCUT2D eigenvalue weighted by molar-refractivity contribution is 0.0523. The maximum Gasteiger partial charge on any atom is 0.407 e. The highest BCUT2D eigenvalue weighted by atomic mass is 16.6. The van der Waals surface area contributed by atoms with Crippen molar-refractivity contribution in [2.24, 2.45) is 5.41 Å². The van der Waals surface area contributed by atoms with Gasteiger partial charge in [0.05, 0.1) is 0 Å². The van der Waals surface area contributed by atoms with Crippen LogP contribution in [0.2, 0.25) is 0 Å². The van der Waals surface area contributed by atoms with E-state index in [1.807, 2.05) is 20.8 Å². The largest absolute Gasteiger partial charge is 0.444 e. The third kappa shape index (κ3) is 12.7. The third-order valence-electron chi connectivity index (χ3n) is 3.34. The van der Waals surface area contributed by atoms with Gasteiger partial charge in [-0.05, 0) is 39.5 Å². The molecule has 0 aromatic heterocycles. The van der Waals surface area contributed by atoms with E-state index in [4.69, 9.17) is 4.74 Å². The fourth-order valence-corrected chi connectivity index (χ4v) is 2.02. The van der Waals surface area contributed by atoms with Gasteiger partial charge in [-0.3, -0.25) is 0 Å². The normalized spacial score (nSPS) is 13.9. The van der Waals surface area contributed by atoms with E-state index in [1.165, 1.54) is 25.7 Å². The number of ether oxygens (including phenoxy) is 1. The molecule has 0 aliphatic heterocycles. The van der Waals surface area contributed by atoms with Gasteiger partial charge in [-0.25, -0.2) is 4.79 Å². The van der Waals surface area contributed by atoms with Crippen LogP contribution in [0, 0.1) is 5.41 Å². The van der Waals surface area contributed by atoms with Gasteiger partial charge >= 0.3 is 6.09 Å². The molecule has 0 aliphatic rings. The SMILES string of the molecule is CCCCCC(C)(C)CNC(C)CNC(=O)OC(C)(C)C. The van der Waals surface area contributed by atoms with E-state index in [9.17, 15) is 4.79 Å². The van der Waals surface area contributed by atoms with Gasteiger partial charge in [-0.15, -0.1) is 0 Å². The smallest absolute Gasteiger partial charge is 0.407 e. The van der Waals surface area contributed by atoms with Gasteiger partial charge in [0.15, 0.2) is 0 Å². The summed E-state index contributed by atoms with van der Waals surface area (Å²) in [5, 5.41) is 6.30. The number of amides is 1. The van der Waals surface area contributed by atoms with E-state index in [2.05, 4.69) is 38.3 Å². The Morgan fingerprint density at radius 3 is 2.29 bits per heavy atom. The number of hydrogen-bond acceptors (Lipinski definition) is 3. The van der Waals surface area contributed by atoms with Crippen molar-refractivity contribution in [3.05, 3.63) is 0 Å². The van der Waals surface area contributed by atoms with Crippen molar-refractivity contribution in [3.63, 3.8) is 0 Å². The van der Waals surface area contributed by atoms with Crippen LogP contribution in [0.15, 0.2) is 0 Å². The summed E-state index contributed by atoms with van der Waals surface area (Å²) in [7, 11) is 0. The fraction of sp³-hybridized carbons (Fsp3) is 0.941. The molecular weight excluding hydrogens is 264 g/mol. The molecule has 0 bridgehead atoms. The van der Waals surface area contributed by atoms with Crippen LogP contribution in [-0.2, 0) is 4.74 Å². The van der Waals surface area contributed by atoms with Crippen LogP contribution in [-0.4, -0.2) is 30.8 Å². The molecule has 0 saturated heterocycles. The first-order valence-electron chi connectivity index (χ1n) is 8.26. The minimum atomic E-state index is -0.442. The molecule has 0 rings (SSSR count). The van der Waals surface area contributed by atoms with Gasteiger partial charge in [0.25, 0.3) is 0 Å². The minimum Gasteiger partial charge on any atom is -0.444 e. The topological polar surface area (TPSA) is 50.4 Å². The van der Waals surface area contributed by atoms with Gasteiger partial charge in [0.1, 0.15) is 5.60 Å². The van der Waals surface area contributed by atoms with E-state index in [-0.39, 0.29) is 12.1 Å². The summed E-state index contributed by atoms with van der Waals surface area (Å²) in [6.45, 7) is 16.1. The van der Waals surface area contributed by atoms with E-state index in [0.29, 0.717) is 12.0 Å². The molecule has 0 radical (unpaired) electrons. The molecular formula is C17H36N2O2. The molecule has 0 aliphatic carbocycles. The summed E-state index contributed by atoms with van der Waals surface area (Å²) in [6, 6.07) is 0.239. The van der Waals surface area contributed by atoms with Crippen LogP contribution in [0.4, 0.5) is 4.79 Å². The quantitative estimate of drug-likeness (QED) is 0.630. The van der Waals surface area contributed by atoms with E-state index in [1.54, 1.807) is 0 Å². The van der Waals surface area contributed by atoms with Crippen LogP contribution >= 0.6 is 0 Å². The maximum atomic E-state index is 11.6. The predicted molar refractivity (Wildman–Crippen MR) is 89.6 cm³/mol. The first kappa shape index (κ1) is 20.2. The highest BCUT2D eigenvalue weighted by Gasteiger charge is 2.19. The number of carbonyl (C=O) groups excluding carboxylic acids is 1. The highest BCUT2D eigenvalue weighted by molar-refractivity contribution is 5.67. The van der Waals surface area contributed by atoms with Crippen LogP contribution in [0.5, 0.6) is 0 Å². The molecule has 0 heterocycles. The summed E-state index contributed by atoms with van der Waals surface area (Å²) < 4.78 is 5.22. The van der Waals surface area contributed by atoms with Gasteiger partial charge < -0.3 is 15.4 Å². The maximum absolute atomic E-state index is 11.6. The Kier molecular flexibility index (Phi) is 8.95. The van der Waals surface area contributed by atoms with Crippen molar-refractivity contribution in [2.45, 2.75) is 85.8 Å². The van der Waals surface area contributed by atoms with Crippen LogP contribution in [0.3, 0.4) is 0 Å². The van der Waals surface area contributed by atoms with Gasteiger partial charge in [0.2, 0.25) is 0 Å². The summed E-state index contributed by atoms with van der Waals surface area (Å²) in [5.74, 6) is 0. The average molecular weight is 300 g/mol. The summed E-state index contributed by atoms with van der Waals surface area (Å²) in [6.07, 6.45) is 4.74. The Labute approximate surface area is 131 Å². The standard InChI is InChI=1S/C17H36N2O2/c1-8-9-10-11-17(6,7)13-19-14(2)12-18-15(20)21-16(3,4)5/h14,19H,8-13H2,1-7H3,(H,18,20). The monoisotopic (exact) mass is 300 g/mol. The van der Waals surface area contributed by atoms with Crippen molar-refractivity contribution in [1.82, 2.24) is 10.6 Å². The third-order valence-corrected chi connectivity index (χ3v) is 3.34. The lowest BCUT2D eigenvalue weighted by Gasteiger charge is -2.27. The molecule has 21 heavy (non-hydrogen) atoms. The second kappa shape index (κ2) is 9.29. The molecule has 0 aromatic rings. The molecule has 2 N–H and O–H groups in total. The first-order valence-corrected chi connectivity index (χ1v) is 8.26. The molecule has 0 spiro atoms. The number of nitrogens with one attached hydrogen (secondary N) is 2. The van der Waals surface area contributed by atoms with Crippen LogP contribution in [0.1, 0.15) is 74.1 Å². The predicted octanol–water partition coefficient (Wildman–Crippen LogP) is 4.10. The molecule has 1 amide bonds. The summed E-state index contributed by atoms with van der Waals surface area (Å²) in [4.78, 5) is 11.6. The van der Waals surface area contributed by atoms with Crippen molar-refractivity contribution in [1.29, 1.82) is 0 Å². The van der Waals surface area contributed by atoms with Crippen LogP contribution in [0.25, 0.3) is 0 Å². The van der Waals surface area contributed by atoms with Crippen molar-refractivity contribution >= 4 is 6.09 Å². The van der Waals surface area contributed by atoms with Gasteiger partial charge in [0, 0.05) is 19.1 Å². The molecule has 1 unspecified atom stereocenters. The van der Waals surface area contributed by atoms with E-state index >= 15 is 0 Å². The zero-order chi connectivity index (χ0) is 16.5. The zero-order valence-electron chi connectivity index (χ0n) is 15.1. The van der Waals surface area contributed by atoms with E-state index in [0.717, 1.165) is 6.54 Å². The van der Waals surface area contributed by atoms with Crippen molar-refractivity contribution in [2.75, 3.05) is 13.1 Å². The van der Waals surface area contributed by atoms with Crippen molar-refractivity contribution in [3.8, 4) is 0 Å². The number of alkyl carbamates (subject to hydrolysis) is 1. The zero-order valence-corrected chi connectivity index (χ0v) is 15.1. The second-order valence-corrected chi connectivity index (χ2v) is 7.79. The van der Waals surface area contributed by atoms with Gasteiger partial charge in [-0.2, -0.15) is 0 Å². The second-order valence-electron chi connectivity index (χ2n) is 7.79. The molecule has 0 fully saturated rings. The molecule has 1 atom stereocenters. The fourth-order valence-electron chi connectivity index (χ4n) is 2.02. The molecule has 4 heteroatoms. The average Bonchev–Trinajstić information content (AvgIpc) is 2.32. The molecule has 4 nitrogen and oxygen atoms in total. The lowest BCUT2D eigenvalue weighted by atomic mass is 9.86. The number of rotatable bonds is 9. The van der Waals surface area contributed by atoms with Crippen molar-refractivity contribution < 1.29 is 9.53 Å². The number of hydrogen-bond donors (Lipinski definition) is 2. The van der Waals surface area contributed by atoms with E-state index < -0.39 is 5.60 Å². The number of carbonyl (C=O) groups is 1. The summed E-state index contributed by atoms with van der Waals surface area (Å²) >= 11 is 0. The Hall–Kier alpha value is -0.770. The first-order chi connectivity index (χ1) is 9.56.